The van der Waals surface area contributed by atoms with E-state index in [2.05, 4.69) is 10.3 Å². The largest absolute Gasteiger partial charge is 0.378 e. The molecule has 0 saturated carbocycles. The van der Waals surface area contributed by atoms with Crippen molar-refractivity contribution in [3.8, 4) is 0 Å². The molecule has 90 valence electrons. The average Bonchev–Trinajstić information content (AvgIpc) is 2.68. The summed E-state index contributed by atoms with van der Waals surface area (Å²) in [6.45, 7) is 0.350. The molecule has 0 fully saturated rings. The third-order valence-corrected chi connectivity index (χ3v) is 3.39. The van der Waals surface area contributed by atoms with E-state index in [1.54, 1.807) is 6.20 Å². The lowest BCUT2D eigenvalue weighted by atomic mass is 10.3. The van der Waals surface area contributed by atoms with E-state index in [0.29, 0.717) is 11.0 Å². The topological polar surface area (TPSA) is 24.9 Å². The maximum absolute atomic E-state index is 13.3. The lowest BCUT2D eigenvalue weighted by Gasteiger charge is -2.06. The van der Waals surface area contributed by atoms with E-state index < -0.39 is 11.6 Å². The molecule has 7 heteroatoms. The highest BCUT2D eigenvalue weighted by molar-refractivity contribution is 7.15. The van der Waals surface area contributed by atoms with Crippen molar-refractivity contribution in [3.05, 3.63) is 44.3 Å². The molecule has 17 heavy (non-hydrogen) atoms. The van der Waals surface area contributed by atoms with Gasteiger partial charge in [-0.1, -0.05) is 23.2 Å². The molecule has 2 aromatic rings. The van der Waals surface area contributed by atoms with Crippen LogP contribution in [0.5, 0.6) is 0 Å². The van der Waals surface area contributed by atoms with Crippen LogP contribution in [0.2, 0.25) is 9.49 Å². The summed E-state index contributed by atoms with van der Waals surface area (Å²) in [6, 6.07) is 1.94. The Labute approximate surface area is 110 Å². The zero-order chi connectivity index (χ0) is 12.4. The number of thiazole rings is 1. The van der Waals surface area contributed by atoms with Gasteiger partial charge in [-0.05, 0) is 6.07 Å². The minimum atomic E-state index is -0.782. The van der Waals surface area contributed by atoms with Crippen molar-refractivity contribution < 1.29 is 8.78 Å². The van der Waals surface area contributed by atoms with Gasteiger partial charge >= 0.3 is 0 Å². The molecule has 0 spiro atoms. The highest BCUT2D eigenvalue weighted by atomic mass is 35.5. The van der Waals surface area contributed by atoms with Crippen molar-refractivity contribution in [1.29, 1.82) is 0 Å². The molecule has 0 unspecified atom stereocenters. The molecular weight excluding hydrogens is 289 g/mol. The van der Waals surface area contributed by atoms with E-state index >= 15 is 0 Å². The first kappa shape index (κ1) is 12.5. The van der Waals surface area contributed by atoms with Crippen LogP contribution in [-0.4, -0.2) is 4.98 Å². The Morgan fingerprint density at radius 3 is 2.65 bits per heavy atom. The molecule has 0 atom stereocenters. The number of nitrogens with one attached hydrogen (secondary N) is 1. The fourth-order valence-electron chi connectivity index (χ4n) is 1.21. The van der Waals surface area contributed by atoms with Crippen LogP contribution in [0.4, 0.5) is 14.5 Å². The van der Waals surface area contributed by atoms with Crippen molar-refractivity contribution in [1.82, 2.24) is 4.98 Å². The second kappa shape index (κ2) is 5.16. The number of aromatic nitrogens is 1. The van der Waals surface area contributed by atoms with Crippen molar-refractivity contribution in [2.24, 2.45) is 0 Å². The Morgan fingerprint density at radius 2 is 2.00 bits per heavy atom. The molecule has 0 aliphatic heterocycles. The summed E-state index contributed by atoms with van der Waals surface area (Å²) in [5.41, 5.74) is 0.140. The lowest BCUT2D eigenvalue weighted by molar-refractivity contribution is 0.585. The Bertz CT molecular complexity index is 545. The molecule has 2 nitrogen and oxygen atoms in total. The molecule has 0 saturated heterocycles. The van der Waals surface area contributed by atoms with E-state index in [1.807, 2.05) is 0 Å². The Morgan fingerprint density at radius 1 is 1.24 bits per heavy atom. The minimum absolute atomic E-state index is 0.128. The second-order valence-electron chi connectivity index (χ2n) is 3.18. The number of halogens is 4. The van der Waals surface area contributed by atoms with E-state index in [9.17, 15) is 8.78 Å². The number of hydrogen-bond donors (Lipinski definition) is 1. The van der Waals surface area contributed by atoms with Gasteiger partial charge in [-0.15, -0.1) is 11.3 Å². The molecule has 0 aliphatic carbocycles. The number of hydrogen-bond acceptors (Lipinski definition) is 3. The standard InChI is InChI=1S/C10H6Cl2F2N2S/c11-6-1-9(8(14)2-7(6)13)15-3-5-4-16-10(12)17-5/h1-2,4,15H,3H2. The first-order valence-electron chi connectivity index (χ1n) is 4.55. The van der Waals surface area contributed by atoms with Gasteiger partial charge in [-0.25, -0.2) is 13.8 Å². The van der Waals surface area contributed by atoms with E-state index in [0.717, 1.165) is 10.9 Å². The minimum Gasteiger partial charge on any atom is -0.378 e. The van der Waals surface area contributed by atoms with Gasteiger partial charge in [-0.2, -0.15) is 0 Å². The van der Waals surface area contributed by atoms with E-state index in [4.69, 9.17) is 23.2 Å². The normalized spacial score (nSPS) is 10.6. The summed E-state index contributed by atoms with van der Waals surface area (Å²) >= 11 is 12.5. The summed E-state index contributed by atoms with van der Waals surface area (Å²) in [4.78, 5) is 4.69. The molecule has 1 N–H and O–H groups in total. The quantitative estimate of drug-likeness (QED) is 0.852. The van der Waals surface area contributed by atoms with Gasteiger partial charge in [0.15, 0.2) is 4.47 Å². The van der Waals surface area contributed by atoms with E-state index in [-0.39, 0.29) is 10.7 Å². The van der Waals surface area contributed by atoms with Crippen LogP contribution in [-0.2, 0) is 6.54 Å². The Hall–Kier alpha value is -0.910. The van der Waals surface area contributed by atoms with Crippen LogP contribution in [0, 0.1) is 11.6 Å². The van der Waals surface area contributed by atoms with Gasteiger partial charge in [-0.3, -0.25) is 0 Å². The van der Waals surface area contributed by atoms with Crippen molar-refractivity contribution in [3.63, 3.8) is 0 Å². The highest BCUT2D eigenvalue weighted by Crippen LogP contribution is 2.24. The Kier molecular flexibility index (Phi) is 3.81. The molecule has 0 radical (unpaired) electrons. The van der Waals surface area contributed by atoms with Crippen LogP contribution in [0.15, 0.2) is 18.3 Å². The average molecular weight is 295 g/mol. The summed E-state index contributed by atoms with van der Waals surface area (Å²) in [5.74, 6) is -1.47. The molecule has 2 rings (SSSR count). The van der Waals surface area contributed by atoms with Crippen LogP contribution in [0.3, 0.4) is 0 Å². The van der Waals surface area contributed by atoms with Crippen molar-refractivity contribution >= 4 is 40.2 Å². The fraction of sp³-hybridized carbons (Fsp3) is 0.100. The third kappa shape index (κ3) is 3.06. The molecule has 1 aromatic heterocycles. The molecular formula is C10H6Cl2F2N2S. The van der Waals surface area contributed by atoms with Crippen molar-refractivity contribution in [2.45, 2.75) is 6.54 Å². The van der Waals surface area contributed by atoms with Crippen molar-refractivity contribution in [2.75, 3.05) is 5.32 Å². The maximum atomic E-state index is 13.3. The number of rotatable bonds is 3. The third-order valence-electron chi connectivity index (χ3n) is 1.99. The van der Waals surface area contributed by atoms with Crippen LogP contribution in [0.1, 0.15) is 4.88 Å². The SMILES string of the molecule is Fc1cc(F)c(NCc2cnc(Cl)s2)cc1Cl. The van der Waals surface area contributed by atoms with E-state index in [1.165, 1.54) is 17.4 Å². The summed E-state index contributed by atoms with van der Waals surface area (Å²) in [6.07, 6.45) is 1.59. The zero-order valence-corrected chi connectivity index (χ0v) is 10.6. The van der Waals surface area contributed by atoms with Crippen LogP contribution < -0.4 is 5.32 Å². The van der Waals surface area contributed by atoms with Gasteiger partial charge in [0.2, 0.25) is 0 Å². The van der Waals surface area contributed by atoms with Gasteiger partial charge in [0.25, 0.3) is 0 Å². The lowest BCUT2D eigenvalue weighted by Crippen LogP contribution is -2.00. The molecule has 1 aromatic carbocycles. The zero-order valence-electron chi connectivity index (χ0n) is 8.31. The van der Waals surface area contributed by atoms with Crippen LogP contribution in [0.25, 0.3) is 0 Å². The predicted molar refractivity (Wildman–Crippen MR) is 65.8 cm³/mol. The molecule has 0 bridgehead atoms. The predicted octanol–water partition coefficient (Wildman–Crippen LogP) is 4.34. The second-order valence-corrected chi connectivity index (χ2v) is 5.28. The monoisotopic (exact) mass is 294 g/mol. The number of benzene rings is 1. The summed E-state index contributed by atoms with van der Waals surface area (Å²) in [7, 11) is 0. The molecule has 0 aliphatic rings. The van der Waals surface area contributed by atoms with Gasteiger partial charge in [0, 0.05) is 17.1 Å². The number of anilines is 1. The van der Waals surface area contributed by atoms with Gasteiger partial charge < -0.3 is 5.32 Å². The van der Waals surface area contributed by atoms with Gasteiger partial charge in [0.1, 0.15) is 11.6 Å². The maximum Gasteiger partial charge on any atom is 0.183 e. The van der Waals surface area contributed by atoms with Crippen LogP contribution >= 0.6 is 34.5 Å². The summed E-state index contributed by atoms with van der Waals surface area (Å²) < 4.78 is 26.7. The molecule has 1 heterocycles. The fourth-order valence-corrected chi connectivity index (χ4v) is 2.29. The number of nitrogens with zero attached hydrogens (tertiary/aromatic N) is 1. The molecule has 0 amide bonds. The first-order chi connectivity index (χ1) is 8.06. The summed E-state index contributed by atoms with van der Waals surface area (Å²) in [5, 5.41) is 2.67. The highest BCUT2D eigenvalue weighted by Gasteiger charge is 2.08. The Balaban J connectivity index is 2.11. The smallest absolute Gasteiger partial charge is 0.183 e. The first-order valence-corrected chi connectivity index (χ1v) is 6.12. The van der Waals surface area contributed by atoms with Gasteiger partial charge in [0.05, 0.1) is 17.3 Å².